The van der Waals surface area contributed by atoms with Gasteiger partial charge in [-0.15, -0.1) is 0 Å². The van der Waals surface area contributed by atoms with Gasteiger partial charge >= 0.3 is 0 Å². The Balaban J connectivity index is 2.71. The predicted octanol–water partition coefficient (Wildman–Crippen LogP) is 0.767. The standard InChI is InChI=1S/C8H14N2/c1-8(10-2)5-3-4-7(9)6-8/h3-5,10H,6,9H2,1-2H3. The third-order valence-corrected chi connectivity index (χ3v) is 1.92. The van der Waals surface area contributed by atoms with Crippen LogP contribution in [-0.4, -0.2) is 12.6 Å². The first kappa shape index (κ1) is 7.35. The zero-order chi connectivity index (χ0) is 7.61. The van der Waals surface area contributed by atoms with Crippen molar-refractivity contribution in [1.82, 2.24) is 5.32 Å². The van der Waals surface area contributed by atoms with Gasteiger partial charge in [0.25, 0.3) is 0 Å². The number of likely N-dealkylation sites (N-methyl/N-ethyl adjacent to an activating group) is 1. The van der Waals surface area contributed by atoms with Crippen LogP contribution in [0.4, 0.5) is 0 Å². The minimum Gasteiger partial charge on any atom is -0.402 e. The van der Waals surface area contributed by atoms with Crippen LogP contribution in [-0.2, 0) is 0 Å². The number of nitrogens with one attached hydrogen (secondary N) is 1. The summed E-state index contributed by atoms with van der Waals surface area (Å²) in [7, 11) is 1.95. The minimum absolute atomic E-state index is 0.0683. The summed E-state index contributed by atoms with van der Waals surface area (Å²) >= 11 is 0. The highest BCUT2D eigenvalue weighted by atomic mass is 14.9. The van der Waals surface area contributed by atoms with Crippen LogP contribution in [0.25, 0.3) is 0 Å². The van der Waals surface area contributed by atoms with E-state index in [2.05, 4.69) is 18.3 Å². The highest BCUT2D eigenvalue weighted by molar-refractivity contribution is 5.24. The first-order chi connectivity index (χ1) is 4.66. The van der Waals surface area contributed by atoms with E-state index in [0.29, 0.717) is 0 Å². The van der Waals surface area contributed by atoms with Crippen LogP contribution in [0.5, 0.6) is 0 Å². The average molecular weight is 138 g/mol. The summed E-state index contributed by atoms with van der Waals surface area (Å²) in [6.45, 7) is 2.13. The molecule has 0 aromatic rings. The van der Waals surface area contributed by atoms with Crippen molar-refractivity contribution in [2.75, 3.05) is 7.05 Å². The summed E-state index contributed by atoms with van der Waals surface area (Å²) in [5, 5.41) is 3.20. The number of hydrogen-bond acceptors (Lipinski definition) is 2. The van der Waals surface area contributed by atoms with Crippen LogP contribution in [0.1, 0.15) is 13.3 Å². The molecule has 10 heavy (non-hydrogen) atoms. The molecule has 1 rings (SSSR count). The molecule has 1 atom stereocenters. The van der Waals surface area contributed by atoms with Crippen molar-refractivity contribution >= 4 is 0 Å². The van der Waals surface area contributed by atoms with Crippen LogP contribution in [0.3, 0.4) is 0 Å². The molecule has 0 aliphatic heterocycles. The molecule has 56 valence electrons. The Bertz CT molecular complexity index is 182. The van der Waals surface area contributed by atoms with Crippen LogP contribution < -0.4 is 11.1 Å². The van der Waals surface area contributed by atoms with Gasteiger partial charge in [0.2, 0.25) is 0 Å². The molecule has 1 unspecified atom stereocenters. The highest BCUT2D eigenvalue weighted by Crippen LogP contribution is 2.18. The van der Waals surface area contributed by atoms with Crippen molar-refractivity contribution < 1.29 is 0 Å². The molecular weight excluding hydrogens is 124 g/mol. The van der Waals surface area contributed by atoms with E-state index in [1.165, 1.54) is 0 Å². The fraction of sp³-hybridized carbons (Fsp3) is 0.500. The Morgan fingerprint density at radius 1 is 1.70 bits per heavy atom. The van der Waals surface area contributed by atoms with E-state index in [1.54, 1.807) is 0 Å². The van der Waals surface area contributed by atoms with E-state index in [-0.39, 0.29) is 5.54 Å². The lowest BCUT2D eigenvalue weighted by molar-refractivity contribution is 0.468. The molecule has 1 aliphatic rings. The summed E-state index contributed by atoms with van der Waals surface area (Å²) in [5.41, 5.74) is 6.67. The van der Waals surface area contributed by atoms with Gasteiger partial charge in [-0.3, -0.25) is 0 Å². The quantitative estimate of drug-likeness (QED) is 0.561. The van der Waals surface area contributed by atoms with Crippen LogP contribution >= 0.6 is 0 Å². The topological polar surface area (TPSA) is 38.0 Å². The third kappa shape index (κ3) is 1.39. The van der Waals surface area contributed by atoms with Gasteiger partial charge in [-0.2, -0.15) is 0 Å². The zero-order valence-electron chi connectivity index (χ0n) is 6.52. The lowest BCUT2D eigenvalue weighted by Crippen LogP contribution is -2.39. The van der Waals surface area contributed by atoms with E-state index in [1.807, 2.05) is 19.2 Å². The van der Waals surface area contributed by atoms with Crippen molar-refractivity contribution in [3.8, 4) is 0 Å². The van der Waals surface area contributed by atoms with Gasteiger partial charge in [0.1, 0.15) is 0 Å². The van der Waals surface area contributed by atoms with Crippen molar-refractivity contribution in [2.45, 2.75) is 18.9 Å². The van der Waals surface area contributed by atoms with Crippen molar-refractivity contribution in [3.63, 3.8) is 0 Å². The van der Waals surface area contributed by atoms with Gasteiger partial charge < -0.3 is 11.1 Å². The molecule has 0 saturated heterocycles. The van der Waals surface area contributed by atoms with E-state index < -0.39 is 0 Å². The third-order valence-electron chi connectivity index (χ3n) is 1.92. The number of allylic oxidation sites excluding steroid dienone is 2. The largest absolute Gasteiger partial charge is 0.402 e. The molecule has 0 amide bonds. The molecule has 0 aromatic heterocycles. The molecule has 0 fully saturated rings. The normalized spacial score (nSPS) is 32.0. The molecule has 0 spiro atoms. The van der Waals surface area contributed by atoms with E-state index in [4.69, 9.17) is 5.73 Å². The van der Waals surface area contributed by atoms with Gasteiger partial charge in [-0.05, 0) is 20.0 Å². The zero-order valence-corrected chi connectivity index (χ0v) is 6.52. The Morgan fingerprint density at radius 3 is 2.80 bits per heavy atom. The summed E-state index contributed by atoms with van der Waals surface area (Å²) in [4.78, 5) is 0. The molecule has 2 heteroatoms. The monoisotopic (exact) mass is 138 g/mol. The predicted molar refractivity (Wildman–Crippen MR) is 43.5 cm³/mol. The van der Waals surface area contributed by atoms with Crippen LogP contribution in [0.2, 0.25) is 0 Å². The number of rotatable bonds is 1. The maximum Gasteiger partial charge on any atom is 0.0391 e. The second-order valence-electron chi connectivity index (χ2n) is 2.94. The Labute approximate surface area is 61.8 Å². The lowest BCUT2D eigenvalue weighted by atomic mass is 9.92. The van der Waals surface area contributed by atoms with Crippen LogP contribution in [0, 0.1) is 0 Å². The van der Waals surface area contributed by atoms with E-state index in [0.717, 1.165) is 12.1 Å². The Kier molecular flexibility index (Phi) is 1.81. The van der Waals surface area contributed by atoms with Gasteiger partial charge in [-0.1, -0.05) is 12.2 Å². The summed E-state index contributed by atoms with van der Waals surface area (Å²) in [6, 6.07) is 0. The molecule has 2 nitrogen and oxygen atoms in total. The fourth-order valence-corrected chi connectivity index (χ4v) is 1.10. The second-order valence-corrected chi connectivity index (χ2v) is 2.94. The number of hydrogen-bond donors (Lipinski definition) is 2. The molecular formula is C8H14N2. The molecule has 0 saturated carbocycles. The van der Waals surface area contributed by atoms with Gasteiger partial charge in [-0.25, -0.2) is 0 Å². The lowest BCUT2D eigenvalue weighted by Gasteiger charge is -2.27. The average Bonchev–Trinajstić information content (AvgIpc) is 1.88. The van der Waals surface area contributed by atoms with Crippen molar-refractivity contribution in [3.05, 3.63) is 23.9 Å². The first-order valence-corrected chi connectivity index (χ1v) is 3.49. The van der Waals surface area contributed by atoms with Gasteiger partial charge in [0.05, 0.1) is 0 Å². The maximum atomic E-state index is 5.66. The Hall–Kier alpha value is -0.760. The van der Waals surface area contributed by atoms with E-state index in [9.17, 15) is 0 Å². The van der Waals surface area contributed by atoms with Gasteiger partial charge in [0.15, 0.2) is 0 Å². The van der Waals surface area contributed by atoms with E-state index >= 15 is 0 Å². The van der Waals surface area contributed by atoms with Crippen molar-refractivity contribution in [1.29, 1.82) is 0 Å². The smallest absolute Gasteiger partial charge is 0.0391 e. The second kappa shape index (κ2) is 2.46. The molecule has 0 bridgehead atoms. The molecule has 0 heterocycles. The highest BCUT2D eigenvalue weighted by Gasteiger charge is 2.20. The molecule has 1 aliphatic carbocycles. The summed E-state index contributed by atoms with van der Waals surface area (Å²) in [6.07, 6.45) is 6.97. The van der Waals surface area contributed by atoms with Crippen molar-refractivity contribution in [2.24, 2.45) is 5.73 Å². The molecule has 3 N–H and O–H groups in total. The first-order valence-electron chi connectivity index (χ1n) is 3.49. The number of nitrogens with two attached hydrogens (primary N) is 1. The van der Waals surface area contributed by atoms with Crippen LogP contribution in [0.15, 0.2) is 23.9 Å². The summed E-state index contributed by atoms with van der Waals surface area (Å²) in [5.74, 6) is 0. The molecule has 0 radical (unpaired) electrons. The fourth-order valence-electron chi connectivity index (χ4n) is 1.10. The SMILES string of the molecule is CNC1(C)C=CC=C(N)C1. The minimum atomic E-state index is 0.0683. The Morgan fingerprint density at radius 2 is 2.40 bits per heavy atom. The molecule has 0 aromatic carbocycles. The summed E-state index contributed by atoms with van der Waals surface area (Å²) < 4.78 is 0. The maximum absolute atomic E-state index is 5.66. The van der Waals surface area contributed by atoms with Gasteiger partial charge in [0, 0.05) is 17.7 Å².